The van der Waals surface area contributed by atoms with Gasteiger partial charge in [0.25, 0.3) is 0 Å². The van der Waals surface area contributed by atoms with Crippen LogP contribution < -0.4 is 0 Å². The van der Waals surface area contributed by atoms with Crippen LogP contribution >= 0.6 is 27.5 Å². The van der Waals surface area contributed by atoms with Gasteiger partial charge >= 0.3 is 0 Å². The molecular formula is C20H19BrClNO. The number of benzene rings is 2. The Balaban J connectivity index is 2.01. The second-order valence-corrected chi connectivity index (χ2v) is 7.34. The highest BCUT2D eigenvalue weighted by atomic mass is 79.9. The van der Waals surface area contributed by atoms with Crippen molar-refractivity contribution in [3.8, 4) is 0 Å². The Kier molecular flexibility index (Phi) is 5.42. The number of halogens is 2. The molecule has 0 bridgehead atoms. The van der Waals surface area contributed by atoms with E-state index in [1.807, 2.05) is 42.6 Å². The zero-order chi connectivity index (χ0) is 17.1. The Morgan fingerprint density at radius 3 is 2.62 bits per heavy atom. The molecule has 3 rings (SSSR count). The van der Waals surface area contributed by atoms with Gasteiger partial charge in [0.15, 0.2) is 5.78 Å². The molecule has 0 amide bonds. The number of nitrogens with zero attached hydrogens (tertiary/aromatic N) is 1. The number of aromatic nitrogens is 1. The summed E-state index contributed by atoms with van der Waals surface area (Å²) in [6.45, 7) is 2.82. The fourth-order valence-corrected chi connectivity index (χ4v) is 3.37. The van der Waals surface area contributed by atoms with E-state index in [2.05, 4.69) is 33.5 Å². The molecule has 2 nitrogen and oxygen atoms in total. The highest BCUT2D eigenvalue weighted by Gasteiger charge is 2.15. The Morgan fingerprint density at radius 1 is 1.17 bits per heavy atom. The first-order chi connectivity index (χ1) is 11.6. The highest BCUT2D eigenvalue weighted by Crippen LogP contribution is 2.27. The van der Waals surface area contributed by atoms with E-state index in [1.165, 1.54) is 0 Å². The number of hydrogen-bond acceptors (Lipinski definition) is 1. The van der Waals surface area contributed by atoms with Gasteiger partial charge in [-0.1, -0.05) is 53.0 Å². The second-order valence-electron chi connectivity index (χ2n) is 5.99. The van der Waals surface area contributed by atoms with Crippen LogP contribution in [0.5, 0.6) is 0 Å². The van der Waals surface area contributed by atoms with Crippen LogP contribution in [0.1, 0.15) is 42.1 Å². The lowest BCUT2D eigenvalue weighted by Gasteiger charge is -2.06. The third-order valence-corrected chi connectivity index (χ3v) is 4.91. The summed E-state index contributed by atoms with van der Waals surface area (Å²) in [4.78, 5) is 12.6. The van der Waals surface area contributed by atoms with Gasteiger partial charge in [0.2, 0.25) is 0 Å². The van der Waals surface area contributed by atoms with E-state index in [4.69, 9.17) is 11.6 Å². The van der Waals surface area contributed by atoms with Gasteiger partial charge in [-0.05, 0) is 42.3 Å². The fraction of sp³-hybridized carbons (Fsp3) is 0.250. The quantitative estimate of drug-likeness (QED) is 0.431. The summed E-state index contributed by atoms with van der Waals surface area (Å²) < 4.78 is 3.13. The van der Waals surface area contributed by atoms with E-state index < -0.39 is 0 Å². The Hall–Kier alpha value is -1.58. The number of carbonyl (C=O) groups excluding carboxylic acids is 1. The first-order valence-electron chi connectivity index (χ1n) is 8.14. The molecule has 0 radical (unpaired) electrons. The molecule has 0 fully saturated rings. The number of rotatable bonds is 6. The third kappa shape index (κ3) is 3.73. The average molecular weight is 405 g/mol. The molecule has 24 heavy (non-hydrogen) atoms. The maximum atomic E-state index is 12.6. The Morgan fingerprint density at radius 2 is 1.92 bits per heavy atom. The van der Waals surface area contributed by atoms with Crippen LogP contribution in [0.15, 0.2) is 53.1 Å². The van der Waals surface area contributed by atoms with Crippen LogP contribution in [0.25, 0.3) is 10.9 Å². The van der Waals surface area contributed by atoms with Crippen molar-refractivity contribution in [2.45, 2.75) is 32.7 Å². The van der Waals surface area contributed by atoms with E-state index >= 15 is 0 Å². The molecule has 0 saturated heterocycles. The number of fused-ring (bicyclic) bond motifs is 1. The van der Waals surface area contributed by atoms with Crippen molar-refractivity contribution >= 4 is 44.2 Å². The van der Waals surface area contributed by atoms with Gasteiger partial charge in [-0.15, -0.1) is 0 Å². The first-order valence-corrected chi connectivity index (χ1v) is 9.31. The minimum atomic E-state index is 0.217. The molecule has 2 aromatic carbocycles. The molecule has 0 unspecified atom stereocenters. The van der Waals surface area contributed by atoms with Gasteiger partial charge < -0.3 is 4.57 Å². The predicted molar refractivity (Wildman–Crippen MR) is 104 cm³/mol. The van der Waals surface area contributed by atoms with Crippen molar-refractivity contribution < 1.29 is 4.79 Å². The van der Waals surface area contributed by atoms with E-state index in [1.54, 1.807) is 0 Å². The van der Waals surface area contributed by atoms with Crippen molar-refractivity contribution in [2.24, 2.45) is 0 Å². The van der Waals surface area contributed by atoms with Gasteiger partial charge in [0.05, 0.1) is 0 Å². The first kappa shape index (κ1) is 17.2. The maximum absolute atomic E-state index is 12.6. The molecule has 0 aliphatic heterocycles. The fourth-order valence-electron chi connectivity index (χ4n) is 2.88. The summed E-state index contributed by atoms with van der Waals surface area (Å²) in [6.07, 6.45) is 4.54. The average Bonchev–Trinajstić information content (AvgIpc) is 2.92. The molecule has 124 valence electrons. The van der Waals surface area contributed by atoms with Gasteiger partial charge in [-0.25, -0.2) is 0 Å². The summed E-state index contributed by atoms with van der Waals surface area (Å²) in [7, 11) is 0. The molecule has 0 atom stereocenters. The van der Waals surface area contributed by atoms with Gasteiger partial charge in [0, 0.05) is 45.1 Å². The Labute approximate surface area is 155 Å². The monoisotopic (exact) mass is 403 g/mol. The van der Waals surface area contributed by atoms with Crippen molar-refractivity contribution in [3.05, 3.63) is 69.3 Å². The lowest BCUT2D eigenvalue weighted by atomic mass is 10.1. The van der Waals surface area contributed by atoms with Gasteiger partial charge in [-0.3, -0.25) is 4.79 Å². The van der Waals surface area contributed by atoms with Crippen LogP contribution in [0.2, 0.25) is 5.02 Å². The molecule has 3 aromatic rings. The lowest BCUT2D eigenvalue weighted by Crippen LogP contribution is -1.99. The lowest BCUT2D eigenvalue weighted by molar-refractivity contribution is 0.0981. The number of carbonyl (C=O) groups is 1. The van der Waals surface area contributed by atoms with Crippen molar-refractivity contribution in [1.82, 2.24) is 4.57 Å². The van der Waals surface area contributed by atoms with Gasteiger partial charge in [0.1, 0.15) is 0 Å². The topological polar surface area (TPSA) is 22.0 Å². The van der Waals surface area contributed by atoms with Crippen LogP contribution in [-0.2, 0) is 6.54 Å². The molecule has 0 N–H and O–H groups in total. The van der Waals surface area contributed by atoms with E-state index in [0.717, 1.165) is 50.9 Å². The van der Waals surface area contributed by atoms with Crippen LogP contribution in [0.3, 0.4) is 0 Å². The molecule has 0 aliphatic carbocycles. The standard InChI is InChI=1S/C20H19BrClNO/c1-2-3-4-20(24)18-13-23(12-14-5-8-16(22)9-6-14)19-10-7-15(21)11-17(18)19/h5-11,13H,2-4,12H2,1H3. The van der Waals surface area contributed by atoms with E-state index in [-0.39, 0.29) is 5.78 Å². The summed E-state index contributed by atoms with van der Waals surface area (Å²) in [5.74, 6) is 0.217. The summed E-state index contributed by atoms with van der Waals surface area (Å²) in [5.41, 5.74) is 3.05. The second kappa shape index (κ2) is 7.54. The van der Waals surface area contributed by atoms with Crippen LogP contribution in [-0.4, -0.2) is 10.4 Å². The summed E-state index contributed by atoms with van der Waals surface area (Å²) >= 11 is 9.48. The van der Waals surface area contributed by atoms with Crippen LogP contribution in [0.4, 0.5) is 0 Å². The zero-order valence-corrected chi connectivity index (χ0v) is 15.9. The zero-order valence-electron chi connectivity index (χ0n) is 13.6. The molecular weight excluding hydrogens is 386 g/mol. The number of unbranched alkanes of at least 4 members (excludes halogenated alkanes) is 1. The predicted octanol–water partition coefficient (Wildman–Crippen LogP) is 6.48. The molecule has 0 aliphatic rings. The normalized spacial score (nSPS) is 11.1. The largest absolute Gasteiger partial charge is 0.342 e. The minimum absolute atomic E-state index is 0.217. The van der Waals surface area contributed by atoms with E-state index in [9.17, 15) is 4.79 Å². The maximum Gasteiger partial charge on any atom is 0.165 e. The Bertz CT molecular complexity index is 867. The summed E-state index contributed by atoms with van der Waals surface area (Å²) in [5, 5.41) is 1.75. The molecule has 1 heterocycles. The molecule has 1 aromatic heterocycles. The number of hydrogen-bond donors (Lipinski definition) is 0. The highest BCUT2D eigenvalue weighted by molar-refractivity contribution is 9.10. The molecule has 4 heteroatoms. The molecule has 0 spiro atoms. The minimum Gasteiger partial charge on any atom is -0.342 e. The number of ketones is 1. The van der Waals surface area contributed by atoms with E-state index in [0.29, 0.717) is 6.42 Å². The van der Waals surface area contributed by atoms with Crippen LogP contribution in [0, 0.1) is 0 Å². The van der Waals surface area contributed by atoms with Crippen molar-refractivity contribution in [1.29, 1.82) is 0 Å². The third-order valence-electron chi connectivity index (χ3n) is 4.17. The summed E-state index contributed by atoms with van der Waals surface area (Å²) in [6, 6.07) is 13.9. The van der Waals surface area contributed by atoms with Gasteiger partial charge in [-0.2, -0.15) is 0 Å². The SMILES string of the molecule is CCCCC(=O)c1cn(Cc2ccc(Cl)cc2)c2ccc(Br)cc12. The number of Topliss-reactive ketones (excluding diaryl/α,β-unsaturated/α-hetero) is 1. The van der Waals surface area contributed by atoms with Crippen molar-refractivity contribution in [3.63, 3.8) is 0 Å². The smallest absolute Gasteiger partial charge is 0.165 e. The molecule has 0 saturated carbocycles. The van der Waals surface area contributed by atoms with Crippen molar-refractivity contribution in [2.75, 3.05) is 0 Å².